The Balaban J connectivity index is 0.00000225. The molecule has 0 amide bonds. The average molecular weight is 475 g/mol. The highest BCUT2D eigenvalue weighted by Gasteiger charge is 2.23. The SMILES string of the molecule is Cc1nnc(CN=C(NC2CC2)NC(C)c2ccccc2Cl)n1C.I. The first-order valence-corrected chi connectivity index (χ1v) is 8.59. The first-order valence-electron chi connectivity index (χ1n) is 8.21. The normalized spacial score (nSPS) is 15.4. The standard InChI is InChI=1S/C17H23ClN6.HI/c1-11(14-6-4-5-7-15(14)18)20-17(21-13-8-9-13)19-10-16-23-22-12(2)24(16)3;/h4-7,11,13H,8-10H2,1-3H3,(H2,19,20,21);1H. The Hall–Kier alpha value is -1.35. The molecule has 1 atom stereocenters. The third kappa shape index (κ3) is 5.31. The number of halogens is 2. The highest BCUT2D eigenvalue weighted by molar-refractivity contribution is 14.0. The summed E-state index contributed by atoms with van der Waals surface area (Å²) in [4.78, 5) is 4.67. The van der Waals surface area contributed by atoms with Gasteiger partial charge in [0.25, 0.3) is 0 Å². The smallest absolute Gasteiger partial charge is 0.192 e. The maximum absolute atomic E-state index is 6.30. The first-order chi connectivity index (χ1) is 11.5. The van der Waals surface area contributed by atoms with Crippen LogP contribution in [0.25, 0.3) is 0 Å². The van der Waals surface area contributed by atoms with Crippen LogP contribution in [-0.2, 0) is 13.6 Å². The van der Waals surface area contributed by atoms with E-state index in [0.29, 0.717) is 12.6 Å². The fourth-order valence-corrected chi connectivity index (χ4v) is 2.70. The third-order valence-electron chi connectivity index (χ3n) is 4.20. The fraction of sp³-hybridized carbons (Fsp3) is 0.471. The van der Waals surface area contributed by atoms with Gasteiger partial charge in [-0.05, 0) is 38.3 Å². The molecule has 3 rings (SSSR count). The van der Waals surface area contributed by atoms with Crippen molar-refractivity contribution in [2.75, 3.05) is 0 Å². The Kier molecular flexibility index (Phi) is 7.06. The lowest BCUT2D eigenvalue weighted by atomic mass is 10.1. The highest BCUT2D eigenvalue weighted by atomic mass is 127. The van der Waals surface area contributed by atoms with Gasteiger partial charge in [0.1, 0.15) is 12.4 Å². The van der Waals surface area contributed by atoms with Crippen LogP contribution in [0.5, 0.6) is 0 Å². The number of aromatic nitrogens is 3. The molecule has 136 valence electrons. The molecule has 25 heavy (non-hydrogen) atoms. The molecule has 1 aromatic heterocycles. The summed E-state index contributed by atoms with van der Waals surface area (Å²) in [7, 11) is 1.95. The molecule has 1 heterocycles. The van der Waals surface area contributed by atoms with E-state index in [-0.39, 0.29) is 30.0 Å². The van der Waals surface area contributed by atoms with Crippen LogP contribution in [0.2, 0.25) is 5.02 Å². The lowest BCUT2D eigenvalue weighted by Crippen LogP contribution is -2.40. The molecule has 6 nitrogen and oxygen atoms in total. The highest BCUT2D eigenvalue weighted by Crippen LogP contribution is 2.23. The van der Waals surface area contributed by atoms with Crippen LogP contribution in [0.1, 0.15) is 43.0 Å². The van der Waals surface area contributed by atoms with E-state index in [1.54, 1.807) is 0 Å². The Morgan fingerprint density at radius 1 is 1.36 bits per heavy atom. The molecule has 0 bridgehead atoms. The van der Waals surface area contributed by atoms with Crippen LogP contribution in [-0.4, -0.2) is 26.8 Å². The summed E-state index contributed by atoms with van der Waals surface area (Å²) in [6.07, 6.45) is 2.37. The zero-order valence-electron chi connectivity index (χ0n) is 14.7. The van der Waals surface area contributed by atoms with Crippen molar-refractivity contribution < 1.29 is 0 Å². The summed E-state index contributed by atoms with van der Waals surface area (Å²) in [5.74, 6) is 2.51. The molecule has 1 unspecified atom stereocenters. The molecule has 1 aromatic carbocycles. The van der Waals surface area contributed by atoms with Crippen molar-refractivity contribution in [1.29, 1.82) is 0 Å². The molecule has 0 aliphatic heterocycles. The zero-order valence-corrected chi connectivity index (χ0v) is 17.7. The Morgan fingerprint density at radius 3 is 2.68 bits per heavy atom. The predicted molar refractivity (Wildman–Crippen MR) is 111 cm³/mol. The van der Waals surface area contributed by atoms with Gasteiger partial charge in [0.05, 0.1) is 6.04 Å². The second-order valence-corrected chi connectivity index (χ2v) is 6.60. The van der Waals surface area contributed by atoms with Gasteiger partial charge in [0, 0.05) is 18.1 Å². The molecule has 8 heteroatoms. The Morgan fingerprint density at radius 2 is 2.08 bits per heavy atom. The Labute approximate surface area is 170 Å². The number of hydrogen-bond acceptors (Lipinski definition) is 3. The van der Waals surface area contributed by atoms with Crippen molar-refractivity contribution in [2.45, 2.75) is 45.3 Å². The minimum atomic E-state index is 0. The van der Waals surface area contributed by atoms with Gasteiger partial charge >= 0.3 is 0 Å². The van der Waals surface area contributed by atoms with Crippen LogP contribution >= 0.6 is 35.6 Å². The van der Waals surface area contributed by atoms with Crippen LogP contribution in [0.4, 0.5) is 0 Å². The number of hydrogen-bond donors (Lipinski definition) is 2. The van der Waals surface area contributed by atoms with Gasteiger partial charge in [-0.1, -0.05) is 29.8 Å². The number of aryl methyl sites for hydroxylation is 1. The van der Waals surface area contributed by atoms with Crippen molar-refractivity contribution >= 4 is 41.5 Å². The second kappa shape index (κ2) is 8.84. The summed E-state index contributed by atoms with van der Waals surface area (Å²) in [6, 6.07) is 8.43. The molecule has 2 N–H and O–H groups in total. The first kappa shape index (κ1) is 20.0. The number of benzene rings is 1. The molecule has 0 saturated heterocycles. The van der Waals surface area contributed by atoms with Gasteiger partial charge in [-0.15, -0.1) is 34.2 Å². The predicted octanol–water partition coefficient (Wildman–Crippen LogP) is 3.35. The minimum absolute atomic E-state index is 0. The molecule has 0 spiro atoms. The van der Waals surface area contributed by atoms with Crippen molar-refractivity contribution in [3.8, 4) is 0 Å². The molecule has 2 aromatic rings. The van der Waals surface area contributed by atoms with Gasteiger partial charge in [-0.2, -0.15) is 0 Å². The lowest BCUT2D eigenvalue weighted by Gasteiger charge is -2.19. The average Bonchev–Trinajstić information content (AvgIpc) is 3.32. The number of guanidine groups is 1. The molecular weight excluding hydrogens is 451 g/mol. The quantitative estimate of drug-likeness (QED) is 0.396. The largest absolute Gasteiger partial charge is 0.354 e. The summed E-state index contributed by atoms with van der Waals surface area (Å²) in [5, 5.41) is 15.9. The number of nitrogens with one attached hydrogen (secondary N) is 2. The van der Waals surface area contributed by atoms with Crippen LogP contribution in [0.15, 0.2) is 29.3 Å². The van der Waals surface area contributed by atoms with Crippen molar-refractivity contribution in [3.05, 3.63) is 46.5 Å². The molecule has 1 fully saturated rings. The van der Waals surface area contributed by atoms with Crippen LogP contribution in [0.3, 0.4) is 0 Å². The number of nitrogens with zero attached hydrogens (tertiary/aromatic N) is 4. The molecule has 0 radical (unpaired) electrons. The van der Waals surface area contributed by atoms with E-state index in [1.807, 2.05) is 42.8 Å². The van der Waals surface area contributed by atoms with Crippen molar-refractivity contribution in [1.82, 2.24) is 25.4 Å². The van der Waals surface area contributed by atoms with E-state index >= 15 is 0 Å². The van der Waals surface area contributed by atoms with Crippen LogP contribution < -0.4 is 10.6 Å². The molecule has 1 saturated carbocycles. The fourth-order valence-electron chi connectivity index (χ4n) is 2.40. The number of rotatable bonds is 5. The van der Waals surface area contributed by atoms with Crippen molar-refractivity contribution in [3.63, 3.8) is 0 Å². The summed E-state index contributed by atoms with van der Waals surface area (Å²) in [6.45, 7) is 4.49. The second-order valence-electron chi connectivity index (χ2n) is 6.19. The van der Waals surface area contributed by atoms with Gasteiger partial charge in [-0.3, -0.25) is 0 Å². The van der Waals surface area contributed by atoms with E-state index in [9.17, 15) is 0 Å². The monoisotopic (exact) mass is 474 g/mol. The van der Waals surface area contributed by atoms with Gasteiger partial charge in [0.15, 0.2) is 11.8 Å². The Bertz CT molecular complexity index is 740. The number of aliphatic imine (C=N–C) groups is 1. The molecule has 1 aliphatic rings. The van der Waals surface area contributed by atoms with E-state index < -0.39 is 0 Å². The maximum Gasteiger partial charge on any atom is 0.192 e. The van der Waals surface area contributed by atoms with Crippen molar-refractivity contribution in [2.24, 2.45) is 12.0 Å². The van der Waals surface area contributed by atoms with E-state index in [0.717, 1.165) is 28.2 Å². The van der Waals surface area contributed by atoms with E-state index in [1.165, 1.54) is 12.8 Å². The van der Waals surface area contributed by atoms with Crippen LogP contribution in [0, 0.1) is 6.92 Å². The van der Waals surface area contributed by atoms with Gasteiger partial charge < -0.3 is 15.2 Å². The van der Waals surface area contributed by atoms with E-state index in [4.69, 9.17) is 11.6 Å². The topological polar surface area (TPSA) is 67.1 Å². The summed E-state index contributed by atoms with van der Waals surface area (Å²) < 4.78 is 1.95. The lowest BCUT2D eigenvalue weighted by molar-refractivity contribution is 0.675. The van der Waals surface area contributed by atoms with Gasteiger partial charge in [0.2, 0.25) is 0 Å². The van der Waals surface area contributed by atoms with E-state index in [2.05, 4.69) is 32.7 Å². The third-order valence-corrected chi connectivity index (χ3v) is 4.55. The summed E-state index contributed by atoms with van der Waals surface area (Å²) in [5.41, 5.74) is 1.05. The maximum atomic E-state index is 6.30. The summed E-state index contributed by atoms with van der Waals surface area (Å²) >= 11 is 6.30. The minimum Gasteiger partial charge on any atom is -0.354 e. The zero-order chi connectivity index (χ0) is 17.1. The molecule has 1 aliphatic carbocycles. The van der Waals surface area contributed by atoms with Gasteiger partial charge in [-0.25, -0.2) is 4.99 Å². The molecular formula is C17H24ClIN6.